The summed E-state index contributed by atoms with van der Waals surface area (Å²) in [6.07, 6.45) is 3.65. The van der Waals surface area contributed by atoms with Crippen molar-refractivity contribution in [1.82, 2.24) is 14.8 Å². The molecule has 0 atom stereocenters. The number of nitrogens with one attached hydrogen (secondary N) is 1. The lowest BCUT2D eigenvalue weighted by Crippen LogP contribution is -2.12. The maximum Gasteiger partial charge on any atom is 0.132 e. The molecular formula is C9H16N4. The zero-order valence-corrected chi connectivity index (χ0v) is 8.57. The van der Waals surface area contributed by atoms with Crippen LogP contribution in [-0.4, -0.2) is 28.9 Å². The summed E-state index contributed by atoms with van der Waals surface area (Å²) in [6, 6.07) is 2.00. The van der Waals surface area contributed by atoms with Crippen LogP contribution in [0.5, 0.6) is 0 Å². The first-order valence-corrected chi connectivity index (χ1v) is 4.19. The molecule has 4 nitrogen and oxygen atoms in total. The van der Waals surface area contributed by atoms with Gasteiger partial charge in [-0.15, -0.1) is 0 Å². The smallest absolute Gasteiger partial charge is 0.132 e. The van der Waals surface area contributed by atoms with E-state index in [1.807, 2.05) is 45.2 Å². The van der Waals surface area contributed by atoms with Gasteiger partial charge in [-0.3, -0.25) is 4.68 Å². The van der Waals surface area contributed by atoms with Gasteiger partial charge >= 0.3 is 0 Å². The second-order valence-corrected chi connectivity index (χ2v) is 3.22. The zero-order valence-electron chi connectivity index (χ0n) is 8.57. The van der Waals surface area contributed by atoms with Crippen molar-refractivity contribution >= 4 is 5.82 Å². The third-order valence-electron chi connectivity index (χ3n) is 1.74. The van der Waals surface area contributed by atoms with Gasteiger partial charge in [0.2, 0.25) is 0 Å². The van der Waals surface area contributed by atoms with Crippen molar-refractivity contribution in [3.63, 3.8) is 0 Å². The first-order valence-electron chi connectivity index (χ1n) is 4.19. The highest BCUT2D eigenvalue weighted by molar-refractivity contribution is 5.42. The molecule has 1 rings (SSSR count). The largest absolute Gasteiger partial charge is 0.362 e. The van der Waals surface area contributed by atoms with Crippen molar-refractivity contribution in [3.05, 3.63) is 24.2 Å². The van der Waals surface area contributed by atoms with Crippen LogP contribution in [-0.2, 0) is 7.05 Å². The second kappa shape index (κ2) is 3.98. The number of H-pyrrole nitrogens is 1. The van der Waals surface area contributed by atoms with Crippen molar-refractivity contribution in [2.75, 3.05) is 19.0 Å². The monoisotopic (exact) mass is 180 g/mol. The Hall–Kier alpha value is -1.45. The molecule has 0 spiro atoms. The van der Waals surface area contributed by atoms with Gasteiger partial charge in [0.15, 0.2) is 0 Å². The molecule has 0 radical (unpaired) electrons. The van der Waals surface area contributed by atoms with Gasteiger partial charge in [-0.25, -0.2) is 4.98 Å². The molecule has 0 saturated heterocycles. The Bertz CT molecular complexity index is 320. The molecular weight excluding hydrogens is 164 g/mol. The lowest BCUT2D eigenvalue weighted by atomic mass is 10.3. The number of hydrogen-bond acceptors (Lipinski definition) is 2. The average Bonchev–Trinajstić information content (AvgIpc) is 2.01. The first-order chi connectivity index (χ1) is 6.11. The molecule has 1 heterocycles. The summed E-state index contributed by atoms with van der Waals surface area (Å²) in [5.41, 5.74) is 1.14. The summed E-state index contributed by atoms with van der Waals surface area (Å²) in [5, 5.41) is 3.03. The van der Waals surface area contributed by atoms with E-state index in [-0.39, 0.29) is 0 Å². The van der Waals surface area contributed by atoms with Crippen LogP contribution < -0.4 is 4.90 Å². The summed E-state index contributed by atoms with van der Waals surface area (Å²) in [6.45, 7) is 2.04. The van der Waals surface area contributed by atoms with Crippen LogP contribution in [0.4, 0.5) is 5.82 Å². The van der Waals surface area contributed by atoms with E-state index in [0.717, 1.165) is 11.4 Å². The van der Waals surface area contributed by atoms with Crippen LogP contribution in [0.1, 0.15) is 5.56 Å². The zero-order chi connectivity index (χ0) is 9.84. The number of aryl methyl sites for hydroxylation is 2. The van der Waals surface area contributed by atoms with E-state index in [1.54, 1.807) is 11.0 Å². The molecule has 72 valence electrons. The molecule has 4 heteroatoms. The predicted molar refractivity (Wildman–Crippen MR) is 54.3 cm³/mol. The summed E-state index contributed by atoms with van der Waals surface area (Å²) in [4.78, 5) is 6.33. The minimum Gasteiger partial charge on any atom is -0.362 e. The van der Waals surface area contributed by atoms with Gasteiger partial charge in [0, 0.05) is 27.3 Å². The average molecular weight is 180 g/mol. The highest BCUT2D eigenvalue weighted by atomic mass is 15.3. The fraction of sp³-hybridized carbons (Fsp3) is 0.444. The summed E-state index contributed by atoms with van der Waals surface area (Å²) >= 11 is 0. The van der Waals surface area contributed by atoms with E-state index < -0.39 is 0 Å². The van der Waals surface area contributed by atoms with Crippen LogP contribution in [0.25, 0.3) is 0 Å². The summed E-state index contributed by atoms with van der Waals surface area (Å²) in [5.74, 6) is 0.976. The highest BCUT2D eigenvalue weighted by Crippen LogP contribution is 2.09. The van der Waals surface area contributed by atoms with Gasteiger partial charge in [0.05, 0.1) is 0 Å². The van der Waals surface area contributed by atoms with Crippen LogP contribution in [0.3, 0.4) is 0 Å². The van der Waals surface area contributed by atoms with E-state index in [1.165, 1.54) is 0 Å². The lowest BCUT2D eigenvalue weighted by Gasteiger charge is -2.12. The maximum atomic E-state index is 4.34. The number of anilines is 1. The topological polar surface area (TPSA) is 36.9 Å². The van der Waals surface area contributed by atoms with Crippen LogP contribution in [0.2, 0.25) is 0 Å². The van der Waals surface area contributed by atoms with E-state index in [0.29, 0.717) is 0 Å². The Balaban J connectivity index is 3.28. The Morgan fingerprint density at radius 1 is 1.46 bits per heavy atom. The molecule has 0 aliphatic heterocycles. The Morgan fingerprint density at radius 3 is 2.77 bits per heavy atom. The van der Waals surface area contributed by atoms with Crippen LogP contribution in [0.15, 0.2) is 18.6 Å². The SMILES string of the molecule is Cc1cc[nH]n(C)cnc1N(C)C. The van der Waals surface area contributed by atoms with Crippen LogP contribution in [0, 0.1) is 6.92 Å². The molecule has 1 N–H and O–H groups in total. The molecule has 0 saturated carbocycles. The molecule has 0 fully saturated rings. The predicted octanol–water partition coefficient (Wildman–Crippen LogP) is 1.25. The third kappa shape index (κ3) is 2.50. The fourth-order valence-corrected chi connectivity index (χ4v) is 1.10. The van der Waals surface area contributed by atoms with Gasteiger partial charge < -0.3 is 10.00 Å². The lowest BCUT2D eigenvalue weighted by molar-refractivity contribution is 0.723. The van der Waals surface area contributed by atoms with Crippen molar-refractivity contribution < 1.29 is 0 Å². The van der Waals surface area contributed by atoms with Gasteiger partial charge in [0.25, 0.3) is 0 Å². The van der Waals surface area contributed by atoms with E-state index >= 15 is 0 Å². The Labute approximate surface area is 78.5 Å². The molecule has 0 bridgehead atoms. The van der Waals surface area contributed by atoms with Crippen molar-refractivity contribution in [1.29, 1.82) is 0 Å². The number of rotatable bonds is 1. The second-order valence-electron chi connectivity index (χ2n) is 3.22. The quantitative estimate of drug-likeness (QED) is 0.706. The molecule has 0 unspecified atom stereocenters. The minimum absolute atomic E-state index is 0.976. The molecule has 1 aromatic heterocycles. The van der Waals surface area contributed by atoms with Crippen molar-refractivity contribution in [2.45, 2.75) is 6.92 Å². The van der Waals surface area contributed by atoms with Crippen LogP contribution >= 0.6 is 0 Å². The molecule has 0 aromatic carbocycles. The number of aromatic nitrogens is 3. The normalized spacial score (nSPS) is 9.54. The molecule has 0 amide bonds. The molecule has 0 aliphatic rings. The van der Waals surface area contributed by atoms with Crippen molar-refractivity contribution in [3.8, 4) is 0 Å². The third-order valence-corrected chi connectivity index (χ3v) is 1.74. The molecule has 1 aromatic rings. The Morgan fingerprint density at radius 2 is 2.15 bits per heavy atom. The van der Waals surface area contributed by atoms with Gasteiger partial charge in [-0.2, -0.15) is 0 Å². The highest BCUT2D eigenvalue weighted by Gasteiger charge is 1.97. The van der Waals surface area contributed by atoms with Gasteiger partial charge in [0.1, 0.15) is 12.1 Å². The van der Waals surface area contributed by atoms with E-state index in [9.17, 15) is 0 Å². The van der Waals surface area contributed by atoms with E-state index in [2.05, 4.69) is 10.1 Å². The number of aromatic amines is 1. The Kier molecular flexibility index (Phi) is 2.95. The number of nitrogens with zero attached hydrogens (tertiary/aromatic N) is 3. The number of hydrogen-bond donors (Lipinski definition) is 1. The van der Waals surface area contributed by atoms with E-state index in [4.69, 9.17) is 0 Å². The maximum absolute atomic E-state index is 4.34. The summed E-state index contributed by atoms with van der Waals surface area (Å²) < 4.78 is 1.80. The summed E-state index contributed by atoms with van der Waals surface area (Å²) in [7, 11) is 5.87. The minimum atomic E-state index is 0.976. The molecule has 13 heavy (non-hydrogen) atoms. The first kappa shape index (κ1) is 9.64. The fourth-order valence-electron chi connectivity index (χ4n) is 1.10. The molecule has 0 aliphatic carbocycles. The standard InChI is InChI=1S/C9H16N4/c1-8-5-6-11-13(4)7-10-9(8)12(2)3/h5-7,11H,1-4H3. The van der Waals surface area contributed by atoms with Gasteiger partial charge in [-0.1, -0.05) is 0 Å². The van der Waals surface area contributed by atoms with Crippen molar-refractivity contribution in [2.24, 2.45) is 7.05 Å². The van der Waals surface area contributed by atoms with Gasteiger partial charge in [-0.05, 0) is 18.6 Å².